The Balaban J connectivity index is 3.08. The Morgan fingerprint density at radius 1 is 0.494 bits per heavy atom. The van der Waals surface area contributed by atoms with Crippen LogP contribution in [0.2, 0.25) is 0 Å². The summed E-state index contributed by atoms with van der Waals surface area (Å²) in [5.74, 6) is -16.4. The summed E-state index contributed by atoms with van der Waals surface area (Å²) in [5, 5.41) is 57.4. The number of carbonyl (C=O) groups excluding carboxylic acids is 12. The van der Waals surface area contributed by atoms with Crippen LogP contribution in [0.4, 0.5) is 0 Å². The van der Waals surface area contributed by atoms with Crippen molar-refractivity contribution in [1.82, 2.24) is 63.8 Å². The van der Waals surface area contributed by atoms with E-state index in [1.807, 2.05) is 5.32 Å². The highest BCUT2D eigenvalue weighted by molar-refractivity contribution is 5.99. The highest BCUT2D eigenvalue weighted by atomic mass is 16.4. The molecule has 32 heteroatoms. The predicted octanol–water partition coefficient (Wildman–Crippen LogP) is -5.45. The monoisotopic (exact) mass is 1180 g/mol. The van der Waals surface area contributed by atoms with Gasteiger partial charge in [0, 0.05) is 12.8 Å². The van der Waals surface area contributed by atoms with Crippen molar-refractivity contribution in [3.63, 3.8) is 0 Å². The van der Waals surface area contributed by atoms with Crippen LogP contribution in [0.5, 0.6) is 0 Å². The summed E-state index contributed by atoms with van der Waals surface area (Å²) < 4.78 is 0. The molecular weight excluding hydrogens is 1100 g/mol. The maximum atomic E-state index is 13.9. The summed E-state index contributed by atoms with van der Waals surface area (Å²) in [6.45, 7) is 11.8. The van der Waals surface area contributed by atoms with Gasteiger partial charge < -0.3 is 90.6 Å². The van der Waals surface area contributed by atoms with Crippen molar-refractivity contribution in [2.75, 3.05) is 26.2 Å². The lowest BCUT2D eigenvalue weighted by molar-refractivity contribution is -0.147. The minimum Gasteiger partial charge on any atom is -0.481 e. The van der Waals surface area contributed by atoms with Gasteiger partial charge in [-0.2, -0.15) is 0 Å². The molecule has 0 saturated carbocycles. The zero-order valence-corrected chi connectivity index (χ0v) is 48.2. The van der Waals surface area contributed by atoms with Crippen molar-refractivity contribution in [2.45, 2.75) is 186 Å². The molecule has 0 aliphatic carbocycles. The summed E-state index contributed by atoms with van der Waals surface area (Å²) in [6.07, 6.45) is -0.939. The first-order chi connectivity index (χ1) is 38.8. The first-order valence-corrected chi connectivity index (χ1v) is 27.4. The van der Waals surface area contributed by atoms with Crippen LogP contribution < -0.4 is 75.3 Å². The van der Waals surface area contributed by atoms with Crippen molar-refractivity contribution < 1.29 is 87.2 Å². The number of rotatable bonds is 39. The Bertz CT molecular complexity index is 2310. The van der Waals surface area contributed by atoms with E-state index in [9.17, 15) is 82.1 Å². The van der Waals surface area contributed by atoms with Crippen LogP contribution in [0, 0.1) is 17.8 Å². The van der Waals surface area contributed by atoms with E-state index in [0.717, 1.165) is 6.42 Å². The molecule has 1 aliphatic rings. The third-order valence-corrected chi connectivity index (χ3v) is 12.8. The number of primary amides is 1. The average molecular weight is 1180 g/mol. The van der Waals surface area contributed by atoms with Crippen molar-refractivity contribution >= 4 is 88.8 Å². The standard InChI is InChI=1S/C51H86N14O18/c1-24(2)20-33(48(79)65-41(26(5)6)50(81)62-30(12-9-10-18-52)46(77)61-32(14-16-35(53)66)47(78)63-34(51(82)83)21-39(71)72)59-36(67)22-56-49(80)40(25(3)4)64-37(68)23-55-44(75)31(15-17-38(69)70)60-43(74)28(8)57-42(73)27(7)58-45(76)29-13-11-19-54-29/h24-34,40-41,54H,9-23,52H2,1-8H3,(H2,53,66)(H,55,75)(H,56,80)(H,57,73)(H,58,76)(H,59,67)(H,60,74)(H,61,77)(H,62,81)(H,63,78)(H,64,68)(H,65,79)(H,69,70)(H,71,72)(H,82,83)/t27-,28-,29-,30-,31-,32-,33-,34-,40-,41-/m0/s1. The number of carboxylic acids is 3. The normalized spacial score (nSPS) is 16.1. The molecular formula is C51H86N14O18. The van der Waals surface area contributed by atoms with Gasteiger partial charge in [0.2, 0.25) is 70.9 Å². The van der Waals surface area contributed by atoms with E-state index in [0.29, 0.717) is 19.4 Å². The second-order valence-corrected chi connectivity index (χ2v) is 21.2. The van der Waals surface area contributed by atoms with Gasteiger partial charge in [0.05, 0.1) is 25.6 Å². The summed E-state index contributed by atoms with van der Waals surface area (Å²) in [4.78, 5) is 192. The molecule has 0 spiro atoms. The highest BCUT2D eigenvalue weighted by Crippen LogP contribution is 2.12. The van der Waals surface area contributed by atoms with Crippen molar-refractivity contribution in [1.29, 1.82) is 0 Å². The molecule has 1 fully saturated rings. The van der Waals surface area contributed by atoms with Gasteiger partial charge in [0.25, 0.3) is 0 Å². The second kappa shape index (κ2) is 37.1. The molecule has 83 heavy (non-hydrogen) atoms. The molecule has 1 saturated heterocycles. The number of carboxylic acid groups (broad SMARTS) is 3. The van der Waals surface area contributed by atoms with Crippen LogP contribution in [0.3, 0.4) is 0 Å². The van der Waals surface area contributed by atoms with Gasteiger partial charge in [-0.15, -0.1) is 0 Å². The quantitative estimate of drug-likeness (QED) is 0.0255. The number of amides is 12. The van der Waals surface area contributed by atoms with E-state index in [2.05, 4.69) is 58.5 Å². The Morgan fingerprint density at radius 3 is 1.49 bits per heavy atom. The lowest BCUT2D eigenvalue weighted by Crippen LogP contribution is -2.60. The summed E-state index contributed by atoms with van der Waals surface area (Å²) in [5.41, 5.74) is 10.9. The van der Waals surface area contributed by atoms with E-state index in [4.69, 9.17) is 16.6 Å². The Labute approximate surface area is 480 Å². The van der Waals surface area contributed by atoms with E-state index in [1.165, 1.54) is 13.8 Å². The van der Waals surface area contributed by atoms with Crippen LogP contribution in [0.25, 0.3) is 0 Å². The number of aliphatic carboxylic acids is 3. The van der Waals surface area contributed by atoms with Crippen LogP contribution in [0.1, 0.15) is 126 Å². The van der Waals surface area contributed by atoms with Crippen LogP contribution in [0.15, 0.2) is 0 Å². The summed E-state index contributed by atoms with van der Waals surface area (Å²) in [7, 11) is 0. The number of hydrogen-bond acceptors (Lipinski definition) is 17. The summed E-state index contributed by atoms with van der Waals surface area (Å²) >= 11 is 0. The number of nitrogens with two attached hydrogens (primary N) is 2. The molecule has 1 heterocycles. The Morgan fingerprint density at radius 2 is 0.976 bits per heavy atom. The largest absolute Gasteiger partial charge is 0.481 e. The Hall–Kier alpha value is -8.03. The van der Waals surface area contributed by atoms with Gasteiger partial charge in [-0.3, -0.25) is 67.1 Å². The lowest BCUT2D eigenvalue weighted by Gasteiger charge is -2.28. The fourth-order valence-electron chi connectivity index (χ4n) is 8.09. The first-order valence-electron chi connectivity index (χ1n) is 27.4. The van der Waals surface area contributed by atoms with Crippen molar-refractivity contribution in [3.05, 3.63) is 0 Å². The van der Waals surface area contributed by atoms with Crippen molar-refractivity contribution in [2.24, 2.45) is 29.2 Å². The molecule has 0 bridgehead atoms. The lowest BCUT2D eigenvalue weighted by atomic mass is 9.99. The third-order valence-electron chi connectivity index (χ3n) is 12.8. The zero-order chi connectivity index (χ0) is 63.3. The maximum Gasteiger partial charge on any atom is 0.326 e. The molecule has 468 valence electrons. The maximum absolute atomic E-state index is 13.9. The van der Waals surface area contributed by atoms with E-state index < -0.39 is 206 Å². The van der Waals surface area contributed by atoms with Crippen LogP contribution >= 0.6 is 0 Å². The van der Waals surface area contributed by atoms with Gasteiger partial charge in [0.1, 0.15) is 54.4 Å². The summed E-state index contributed by atoms with van der Waals surface area (Å²) in [6, 6.07) is -13.1. The van der Waals surface area contributed by atoms with Gasteiger partial charge in [0.15, 0.2) is 0 Å². The predicted molar refractivity (Wildman–Crippen MR) is 293 cm³/mol. The minimum atomic E-state index is -1.91. The molecule has 32 nitrogen and oxygen atoms in total. The van der Waals surface area contributed by atoms with Gasteiger partial charge >= 0.3 is 17.9 Å². The molecule has 19 N–H and O–H groups in total. The highest BCUT2D eigenvalue weighted by Gasteiger charge is 2.36. The third kappa shape index (κ3) is 28.5. The smallest absolute Gasteiger partial charge is 0.326 e. The molecule has 0 aromatic rings. The molecule has 1 aliphatic heterocycles. The first kappa shape index (κ1) is 73.0. The fourth-order valence-corrected chi connectivity index (χ4v) is 8.09. The number of unbranched alkanes of at least 4 members (excludes halogenated alkanes) is 1. The average Bonchev–Trinajstić information content (AvgIpc) is 3.99. The zero-order valence-electron chi connectivity index (χ0n) is 48.2. The molecule has 0 aromatic carbocycles. The van der Waals surface area contributed by atoms with E-state index in [1.54, 1.807) is 41.5 Å². The van der Waals surface area contributed by atoms with Crippen LogP contribution in [-0.4, -0.2) is 191 Å². The second-order valence-electron chi connectivity index (χ2n) is 21.2. The number of hydrogen-bond donors (Lipinski definition) is 17. The van der Waals surface area contributed by atoms with E-state index in [-0.39, 0.29) is 31.7 Å². The van der Waals surface area contributed by atoms with Gasteiger partial charge in [-0.25, -0.2) is 4.79 Å². The molecule has 0 aromatic heterocycles. The van der Waals surface area contributed by atoms with Crippen molar-refractivity contribution in [3.8, 4) is 0 Å². The number of carbonyl (C=O) groups is 15. The number of nitrogens with one attached hydrogen (secondary N) is 12. The topological polar surface area (TPSA) is 513 Å². The minimum absolute atomic E-state index is 0.0254. The Kier molecular flexibility index (Phi) is 32.7. The van der Waals surface area contributed by atoms with Crippen LogP contribution in [-0.2, 0) is 71.9 Å². The molecule has 12 amide bonds. The SMILES string of the molecule is CC(C)C[C@H](NC(=O)CNC(=O)[C@@H](NC(=O)CNC(=O)[C@H](CCC(=O)O)NC(=O)[C@H](C)NC(=O)[C@H](C)NC(=O)[C@@H]1CCCN1)C(C)C)C(=O)N[C@H](C(=O)N[C@@H](CCCCN)C(=O)N[C@@H](CCC(N)=O)C(=O)N[C@@H](CC(=O)O)C(=O)O)C(C)C. The fraction of sp³-hybridized carbons (Fsp3) is 0.706. The molecule has 0 unspecified atom stereocenters. The molecule has 1 rings (SSSR count). The van der Waals surface area contributed by atoms with Gasteiger partial charge in [-0.1, -0.05) is 41.5 Å². The molecule has 0 radical (unpaired) electrons. The van der Waals surface area contributed by atoms with E-state index >= 15 is 0 Å². The van der Waals surface area contributed by atoms with Gasteiger partial charge in [-0.05, 0) is 96.1 Å². The molecule has 10 atom stereocenters.